The van der Waals surface area contributed by atoms with Gasteiger partial charge in [0.05, 0.1) is 10.0 Å². The summed E-state index contributed by atoms with van der Waals surface area (Å²) in [4.78, 5) is 10.2. The van der Waals surface area contributed by atoms with Crippen LogP contribution < -0.4 is 10.4 Å². The molecule has 1 aromatic heterocycles. The van der Waals surface area contributed by atoms with Crippen molar-refractivity contribution in [3.05, 3.63) is 17.2 Å². The van der Waals surface area contributed by atoms with Gasteiger partial charge in [0.1, 0.15) is 6.20 Å². The van der Waals surface area contributed by atoms with E-state index in [0.29, 0.717) is 5.82 Å². The average Bonchev–Trinajstić information content (AvgIpc) is 1.64. The standard InChI is InChI=1S/C3H5N4O/c4-3-1-2-5-7(8)6-3/h1-2H,(H3,4,5,6,8)/q+1. The Labute approximate surface area is 44.7 Å². The molecule has 0 spiro atoms. The number of anilines is 1. The van der Waals surface area contributed by atoms with Crippen LogP contribution in [0.2, 0.25) is 0 Å². The fourth-order valence-corrected chi connectivity index (χ4v) is 0.351. The van der Waals surface area contributed by atoms with E-state index in [1.54, 1.807) is 0 Å². The fourth-order valence-electron chi connectivity index (χ4n) is 0.351. The highest BCUT2D eigenvalue weighted by Gasteiger charge is 1.89. The Morgan fingerprint density at radius 3 is 3.00 bits per heavy atom. The van der Waals surface area contributed by atoms with Crippen molar-refractivity contribution in [2.75, 3.05) is 5.73 Å². The van der Waals surface area contributed by atoms with Crippen molar-refractivity contribution < 1.29 is 4.66 Å². The molecule has 0 bridgehead atoms. The fraction of sp³-hybridized carbons (Fsp3) is 0. The number of nitrogens with two attached hydrogens (primary N) is 1. The third-order valence-corrected chi connectivity index (χ3v) is 0.650. The number of H-pyrrole nitrogens is 1. The van der Waals surface area contributed by atoms with Gasteiger partial charge in [0.15, 0.2) is 5.82 Å². The Hall–Kier alpha value is -1.39. The summed E-state index contributed by atoms with van der Waals surface area (Å²) in [7, 11) is 0. The van der Waals surface area contributed by atoms with Crippen LogP contribution in [-0.2, 0) is 0 Å². The van der Waals surface area contributed by atoms with Gasteiger partial charge in [-0.15, -0.1) is 0 Å². The molecule has 0 aliphatic rings. The van der Waals surface area contributed by atoms with Gasteiger partial charge in [-0.2, -0.15) is 0 Å². The molecule has 0 atom stereocenters. The first-order valence-electron chi connectivity index (χ1n) is 2.03. The first-order valence-corrected chi connectivity index (χ1v) is 2.03. The lowest BCUT2D eigenvalue weighted by molar-refractivity contribution is -0.627. The Kier molecular flexibility index (Phi) is 0.957. The van der Waals surface area contributed by atoms with Crippen molar-refractivity contribution in [2.45, 2.75) is 0 Å². The minimum absolute atomic E-state index is 0.287. The van der Waals surface area contributed by atoms with Crippen LogP contribution in [0.1, 0.15) is 0 Å². The highest BCUT2D eigenvalue weighted by Crippen LogP contribution is 1.81. The van der Waals surface area contributed by atoms with Crippen LogP contribution in [-0.4, -0.2) is 10.2 Å². The highest BCUT2D eigenvalue weighted by molar-refractivity contribution is 5.20. The maximum absolute atomic E-state index is 10.2. The van der Waals surface area contributed by atoms with E-state index in [1.165, 1.54) is 12.3 Å². The first kappa shape index (κ1) is 4.76. The quantitative estimate of drug-likeness (QED) is 0.419. The predicted octanol–water partition coefficient (Wildman–Crippen LogP) is -1.09. The van der Waals surface area contributed by atoms with Gasteiger partial charge >= 0.3 is 0 Å². The van der Waals surface area contributed by atoms with Crippen molar-refractivity contribution in [3.8, 4) is 0 Å². The number of rotatable bonds is 0. The van der Waals surface area contributed by atoms with Gasteiger partial charge < -0.3 is 5.73 Å². The van der Waals surface area contributed by atoms with Gasteiger partial charge in [-0.25, -0.2) is 0 Å². The summed E-state index contributed by atoms with van der Waals surface area (Å²) in [6.07, 6.45) is 1.32. The number of nitrogens with zero attached hydrogens (tertiary/aromatic N) is 2. The van der Waals surface area contributed by atoms with Crippen molar-refractivity contribution >= 4 is 5.82 Å². The van der Waals surface area contributed by atoms with Crippen LogP contribution in [0, 0.1) is 4.91 Å². The molecular formula is C3H5N4O+. The molecule has 0 radical (unpaired) electrons. The van der Waals surface area contributed by atoms with Crippen LogP contribution in [0.25, 0.3) is 0 Å². The zero-order chi connectivity index (χ0) is 5.98. The molecule has 3 N–H and O–H groups in total. The van der Waals surface area contributed by atoms with Gasteiger partial charge in [-0.05, 0) is 0 Å². The van der Waals surface area contributed by atoms with E-state index in [0.717, 1.165) is 0 Å². The van der Waals surface area contributed by atoms with E-state index in [-0.39, 0.29) is 4.66 Å². The third kappa shape index (κ3) is 0.810. The van der Waals surface area contributed by atoms with Crippen molar-refractivity contribution in [3.63, 3.8) is 0 Å². The molecule has 1 heterocycles. The molecule has 0 aromatic carbocycles. The minimum Gasteiger partial charge on any atom is -0.381 e. The largest absolute Gasteiger partial charge is 0.381 e. The lowest BCUT2D eigenvalue weighted by Crippen LogP contribution is -2.24. The molecule has 0 saturated heterocycles. The summed E-state index contributed by atoms with van der Waals surface area (Å²) in [5, 5.41) is 5.46. The molecule has 8 heavy (non-hydrogen) atoms. The Morgan fingerprint density at radius 2 is 2.62 bits per heavy atom. The van der Waals surface area contributed by atoms with E-state index >= 15 is 0 Å². The Bertz CT molecular complexity index is 229. The molecule has 5 nitrogen and oxygen atoms in total. The summed E-state index contributed by atoms with van der Waals surface area (Å²) in [5.41, 5.74) is 5.14. The lowest BCUT2D eigenvalue weighted by Gasteiger charge is -1.76. The number of aromatic nitrogens is 3. The van der Waals surface area contributed by atoms with E-state index < -0.39 is 0 Å². The molecule has 1 rings (SSSR count). The number of aromatic amines is 1. The van der Waals surface area contributed by atoms with Crippen molar-refractivity contribution in [2.24, 2.45) is 0 Å². The maximum atomic E-state index is 10.2. The van der Waals surface area contributed by atoms with Crippen molar-refractivity contribution in [1.82, 2.24) is 10.2 Å². The van der Waals surface area contributed by atoms with Crippen LogP contribution in [0.15, 0.2) is 12.3 Å². The second-order valence-electron chi connectivity index (χ2n) is 1.27. The van der Waals surface area contributed by atoms with Crippen LogP contribution in [0.4, 0.5) is 5.82 Å². The maximum Gasteiger partial charge on any atom is 0.284 e. The van der Waals surface area contributed by atoms with Crippen LogP contribution in [0.5, 0.6) is 0 Å². The van der Waals surface area contributed by atoms with E-state index in [9.17, 15) is 4.91 Å². The number of nitrogen functional groups attached to an aromatic ring is 1. The molecule has 0 fully saturated rings. The minimum atomic E-state index is 0.287. The van der Waals surface area contributed by atoms with Gasteiger partial charge in [0.2, 0.25) is 0 Å². The normalized spacial score (nSPS) is 9.00. The second-order valence-corrected chi connectivity index (χ2v) is 1.27. The van der Waals surface area contributed by atoms with Gasteiger partial charge in [0, 0.05) is 6.07 Å². The summed E-state index contributed by atoms with van der Waals surface area (Å²) in [6.45, 7) is 0. The molecule has 5 heteroatoms. The van der Waals surface area contributed by atoms with Crippen LogP contribution in [0.3, 0.4) is 0 Å². The summed E-state index contributed by atoms with van der Waals surface area (Å²) >= 11 is 0. The zero-order valence-corrected chi connectivity index (χ0v) is 4.03. The smallest absolute Gasteiger partial charge is 0.284 e. The molecule has 0 amide bonds. The van der Waals surface area contributed by atoms with Gasteiger partial charge in [-0.3, -0.25) is 0 Å². The number of nitrogens with one attached hydrogen (secondary N) is 1. The molecule has 0 aliphatic carbocycles. The van der Waals surface area contributed by atoms with Crippen molar-refractivity contribution in [1.29, 1.82) is 0 Å². The predicted molar refractivity (Wildman–Crippen MR) is 26.4 cm³/mol. The number of hydrogen-bond donors (Lipinski definition) is 2. The summed E-state index contributed by atoms with van der Waals surface area (Å²) < 4.78 is 0.287. The summed E-state index contributed by atoms with van der Waals surface area (Å²) in [5.74, 6) is 0.301. The molecule has 0 aliphatic heterocycles. The average molecular weight is 113 g/mol. The van der Waals surface area contributed by atoms with Gasteiger partial charge in [-0.1, -0.05) is 5.10 Å². The number of hydrogen-bond acceptors (Lipinski definition) is 3. The Morgan fingerprint density at radius 1 is 1.88 bits per heavy atom. The molecular weight excluding hydrogens is 108 g/mol. The van der Waals surface area contributed by atoms with E-state index in [4.69, 9.17) is 5.73 Å². The molecule has 0 unspecified atom stereocenters. The Balaban J connectivity index is 3.28. The van der Waals surface area contributed by atoms with E-state index in [1.807, 2.05) is 0 Å². The zero-order valence-electron chi connectivity index (χ0n) is 4.03. The first-order chi connectivity index (χ1) is 3.79. The molecule has 0 saturated carbocycles. The lowest BCUT2D eigenvalue weighted by atomic mass is 10.6. The topological polar surface area (TPSA) is 77.7 Å². The van der Waals surface area contributed by atoms with Gasteiger partial charge in [0.25, 0.3) is 4.66 Å². The van der Waals surface area contributed by atoms with E-state index in [2.05, 4.69) is 10.2 Å². The second kappa shape index (κ2) is 1.61. The SMILES string of the molecule is Nc1ccn[n+](=O)[nH]1. The van der Waals surface area contributed by atoms with Crippen LogP contribution >= 0.6 is 0 Å². The summed E-state index contributed by atoms with van der Waals surface area (Å²) in [6, 6.07) is 1.49. The third-order valence-electron chi connectivity index (χ3n) is 0.650. The highest BCUT2D eigenvalue weighted by atomic mass is 16.3. The monoisotopic (exact) mass is 113 g/mol. The molecule has 42 valence electrons. The molecule has 1 aromatic rings.